The molecule has 20 heteroatoms. The molecule has 4 aliphatic rings. The number of sulfonamides is 2. The van der Waals surface area contributed by atoms with Gasteiger partial charge in [0.25, 0.3) is 0 Å². The first-order chi connectivity index (χ1) is 30.5. The number of fused-ring (bicyclic) bond motifs is 2. The van der Waals surface area contributed by atoms with E-state index in [0.717, 1.165) is 32.5 Å². The summed E-state index contributed by atoms with van der Waals surface area (Å²) in [6.07, 6.45) is 1.51. The third-order valence-electron chi connectivity index (χ3n) is 12.5. The SMILES string of the molecule is COc1cc(C)c(S(=O)(=O)N(C)CCOCC(=O)N2CC[C@H]3CN(C(=O)OC(C)(C)C)C[C@H]32)c(C)c1.COc1cc(C)c(S(=O)(=O)N(C)CCOCC(=O)N2CC[C@H]3CNC[C@H]32)c(C)c1. The van der Waals surface area contributed by atoms with Gasteiger partial charge in [-0.1, -0.05) is 0 Å². The van der Waals surface area contributed by atoms with Crippen molar-refractivity contribution in [3.63, 3.8) is 0 Å². The first-order valence-corrected chi connectivity index (χ1v) is 25.0. The molecule has 4 fully saturated rings. The molecule has 2 aromatic carbocycles. The van der Waals surface area contributed by atoms with Gasteiger partial charge in [-0.2, -0.15) is 8.61 Å². The highest BCUT2D eigenvalue weighted by Gasteiger charge is 2.45. The third kappa shape index (κ3) is 12.5. The number of likely N-dealkylation sites (N-methyl/N-ethyl adjacent to an activating group) is 2. The molecule has 0 unspecified atom stereocenters. The van der Waals surface area contributed by atoms with Crippen molar-refractivity contribution < 1.29 is 54.9 Å². The Balaban J connectivity index is 0.000000250. The van der Waals surface area contributed by atoms with E-state index in [1.165, 1.54) is 22.7 Å². The Morgan fingerprint density at radius 3 is 1.54 bits per heavy atom. The number of benzene rings is 2. The Labute approximate surface area is 385 Å². The molecule has 4 aliphatic heterocycles. The monoisotopic (exact) mass is 950 g/mol. The van der Waals surface area contributed by atoms with E-state index in [1.807, 2.05) is 25.7 Å². The second kappa shape index (κ2) is 21.7. The van der Waals surface area contributed by atoms with Crippen molar-refractivity contribution in [3.05, 3.63) is 46.5 Å². The van der Waals surface area contributed by atoms with Crippen molar-refractivity contribution in [2.45, 2.75) is 88.8 Å². The number of carbonyl (C=O) groups is 3. The fourth-order valence-electron chi connectivity index (χ4n) is 9.20. The van der Waals surface area contributed by atoms with Crippen LogP contribution in [0, 0.1) is 39.5 Å². The summed E-state index contributed by atoms with van der Waals surface area (Å²) >= 11 is 0. The van der Waals surface area contributed by atoms with Crippen molar-refractivity contribution in [2.75, 3.05) is 107 Å². The van der Waals surface area contributed by atoms with Crippen LogP contribution in [-0.4, -0.2) is 183 Å². The molecule has 364 valence electrons. The van der Waals surface area contributed by atoms with E-state index in [9.17, 15) is 31.2 Å². The van der Waals surface area contributed by atoms with Crippen LogP contribution in [0.2, 0.25) is 0 Å². The standard InChI is InChI=1S/C25H39N3O7S.C20H31N3O5S/c1-17-12-20(33-7)13-18(2)23(17)36(31,32)26(6)10-11-34-16-22(29)28-9-8-19-14-27(15-21(19)28)24(30)35-25(3,4)5;1-14-9-17(27-4)10-15(2)20(14)29(25,26)22(3)7-8-28-13-19(24)23-6-5-16-11-21-12-18(16)23/h12-13,19,21H,8-11,14-16H2,1-7H3;9-10,16,18,21H,5-8,11-13H2,1-4H3/t19-,21+;16-,18+/m00/s1. The van der Waals surface area contributed by atoms with E-state index in [-0.39, 0.29) is 85.2 Å². The topological polar surface area (TPSA) is 194 Å². The molecule has 4 atom stereocenters. The maximum Gasteiger partial charge on any atom is 0.410 e. The summed E-state index contributed by atoms with van der Waals surface area (Å²) in [6.45, 7) is 17.1. The Kier molecular flexibility index (Phi) is 17.3. The lowest BCUT2D eigenvalue weighted by molar-refractivity contribution is -0.137. The number of methoxy groups -OCH3 is 2. The average molecular weight is 951 g/mol. The summed E-state index contributed by atoms with van der Waals surface area (Å²) in [7, 11) is -1.27. The highest BCUT2D eigenvalue weighted by atomic mass is 32.2. The highest BCUT2D eigenvalue weighted by Crippen LogP contribution is 2.33. The molecule has 0 saturated carbocycles. The molecular weight excluding hydrogens is 881 g/mol. The van der Waals surface area contributed by atoms with Crippen molar-refractivity contribution in [2.24, 2.45) is 11.8 Å². The van der Waals surface area contributed by atoms with Crippen molar-refractivity contribution in [1.82, 2.24) is 28.6 Å². The van der Waals surface area contributed by atoms with Crippen LogP contribution in [0.15, 0.2) is 34.1 Å². The van der Waals surface area contributed by atoms with Crippen molar-refractivity contribution in [3.8, 4) is 11.5 Å². The molecule has 0 aliphatic carbocycles. The molecule has 1 N–H and O–H groups in total. The maximum atomic E-state index is 13.1. The summed E-state index contributed by atoms with van der Waals surface area (Å²) < 4.78 is 81.7. The van der Waals surface area contributed by atoms with E-state index >= 15 is 0 Å². The highest BCUT2D eigenvalue weighted by molar-refractivity contribution is 7.89. The van der Waals surface area contributed by atoms with Crippen LogP contribution in [0.5, 0.6) is 11.5 Å². The van der Waals surface area contributed by atoms with Gasteiger partial charge in [0.2, 0.25) is 31.9 Å². The summed E-state index contributed by atoms with van der Waals surface area (Å²) in [4.78, 5) is 43.6. The maximum absolute atomic E-state index is 13.1. The quantitative estimate of drug-likeness (QED) is 0.242. The molecule has 0 radical (unpaired) electrons. The number of amides is 3. The van der Waals surface area contributed by atoms with Gasteiger partial charge in [0.05, 0.1) is 43.3 Å². The van der Waals surface area contributed by atoms with Crippen LogP contribution < -0.4 is 14.8 Å². The molecular formula is C45H70N6O12S2. The number of carbonyl (C=O) groups excluding carboxylic acids is 3. The van der Waals surface area contributed by atoms with Gasteiger partial charge in [0, 0.05) is 78.4 Å². The average Bonchev–Trinajstić information content (AvgIpc) is 4.03. The van der Waals surface area contributed by atoms with Crippen LogP contribution in [0.1, 0.15) is 55.9 Å². The van der Waals surface area contributed by atoms with Gasteiger partial charge < -0.3 is 43.7 Å². The molecule has 0 spiro atoms. The Bertz CT molecular complexity index is 2210. The summed E-state index contributed by atoms with van der Waals surface area (Å²) in [5, 5.41) is 3.32. The van der Waals surface area contributed by atoms with E-state index in [1.54, 1.807) is 76.0 Å². The van der Waals surface area contributed by atoms with Gasteiger partial charge in [-0.05, 0) is 114 Å². The smallest absolute Gasteiger partial charge is 0.410 e. The number of hydrogen-bond acceptors (Lipinski definition) is 13. The minimum Gasteiger partial charge on any atom is -0.497 e. The summed E-state index contributed by atoms with van der Waals surface area (Å²) in [5.41, 5.74) is 1.92. The van der Waals surface area contributed by atoms with Gasteiger partial charge >= 0.3 is 6.09 Å². The summed E-state index contributed by atoms with van der Waals surface area (Å²) in [5.74, 6) is 1.84. The summed E-state index contributed by atoms with van der Waals surface area (Å²) in [6, 6.07) is 7.04. The minimum atomic E-state index is -3.73. The molecule has 18 nitrogen and oxygen atoms in total. The normalized spacial score (nSPS) is 20.8. The zero-order chi connectivity index (χ0) is 48.0. The lowest BCUT2D eigenvalue weighted by atomic mass is 10.1. The molecule has 0 aromatic heterocycles. The van der Waals surface area contributed by atoms with Crippen LogP contribution in [-0.2, 0) is 43.8 Å². The predicted octanol–water partition coefficient (Wildman–Crippen LogP) is 3.19. The predicted molar refractivity (Wildman–Crippen MR) is 244 cm³/mol. The lowest BCUT2D eigenvalue weighted by Crippen LogP contribution is -2.43. The third-order valence-corrected chi connectivity index (χ3v) is 16.8. The fraction of sp³-hybridized carbons (Fsp3) is 0.667. The van der Waals surface area contributed by atoms with Gasteiger partial charge in [0.1, 0.15) is 30.3 Å². The number of likely N-dealkylation sites (tertiary alicyclic amines) is 3. The van der Waals surface area contributed by atoms with Crippen LogP contribution in [0.4, 0.5) is 4.79 Å². The van der Waals surface area contributed by atoms with Crippen LogP contribution in [0.3, 0.4) is 0 Å². The van der Waals surface area contributed by atoms with Crippen LogP contribution in [0.25, 0.3) is 0 Å². The van der Waals surface area contributed by atoms with E-state index in [4.69, 9.17) is 23.7 Å². The molecule has 3 amide bonds. The minimum absolute atomic E-state index is 0.0162. The lowest BCUT2D eigenvalue weighted by Gasteiger charge is -2.27. The fourth-order valence-corrected chi connectivity index (χ4v) is 12.3. The molecule has 4 heterocycles. The number of nitrogens with one attached hydrogen (secondary N) is 1. The zero-order valence-electron chi connectivity index (χ0n) is 40.0. The number of aryl methyl sites for hydroxylation is 4. The Morgan fingerprint density at radius 2 is 1.11 bits per heavy atom. The second-order valence-corrected chi connectivity index (χ2v) is 22.4. The van der Waals surface area contributed by atoms with Crippen molar-refractivity contribution in [1.29, 1.82) is 0 Å². The molecule has 4 saturated heterocycles. The van der Waals surface area contributed by atoms with Gasteiger partial charge in [-0.15, -0.1) is 0 Å². The van der Waals surface area contributed by atoms with E-state index in [0.29, 0.717) is 59.3 Å². The van der Waals surface area contributed by atoms with E-state index in [2.05, 4.69) is 5.32 Å². The number of nitrogens with zero attached hydrogens (tertiary/aromatic N) is 5. The molecule has 0 bridgehead atoms. The Hall–Kier alpha value is -4.05. The largest absolute Gasteiger partial charge is 0.497 e. The number of hydrogen-bond donors (Lipinski definition) is 1. The number of ether oxygens (including phenoxy) is 5. The van der Waals surface area contributed by atoms with Gasteiger partial charge in [0.15, 0.2) is 0 Å². The van der Waals surface area contributed by atoms with Gasteiger partial charge in [-0.3, -0.25) is 9.59 Å². The first-order valence-electron chi connectivity index (χ1n) is 22.2. The molecule has 6 rings (SSSR count). The van der Waals surface area contributed by atoms with Crippen LogP contribution >= 0.6 is 0 Å². The van der Waals surface area contributed by atoms with Gasteiger partial charge in [-0.25, -0.2) is 21.6 Å². The number of rotatable bonds is 16. The Morgan fingerprint density at radius 1 is 0.677 bits per heavy atom. The zero-order valence-corrected chi connectivity index (χ0v) is 41.6. The second-order valence-electron chi connectivity index (χ2n) is 18.4. The first kappa shape index (κ1) is 51.9. The van der Waals surface area contributed by atoms with Crippen molar-refractivity contribution >= 4 is 38.0 Å². The molecule has 2 aromatic rings. The van der Waals surface area contributed by atoms with E-state index < -0.39 is 25.6 Å². The molecule has 65 heavy (non-hydrogen) atoms.